The van der Waals surface area contributed by atoms with Crippen molar-refractivity contribution in [2.24, 2.45) is 0 Å². The van der Waals surface area contributed by atoms with Crippen molar-refractivity contribution in [1.29, 1.82) is 0 Å². The number of benzene rings is 1. The Morgan fingerprint density at radius 2 is 1.94 bits per heavy atom. The molecule has 0 unspecified atom stereocenters. The average molecular weight is 302 g/mol. The number of H-pyrrole nitrogens is 1. The quantitative estimate of drug-likeness (QED) is 0.850. The first-order valence-corrected chi connectivity index (χ1v) is 5.50. The second-order valence-corrected chi connectivity index (χ2v) is 4.29. The summed E-state index contributed by atoms with van der Waals surface area (Å²) in [6, 6.07) is 6.76. The molecule has 2 rings (SSSR count). The van der Waals surface area contributed by atoms with E-state index in [2.05, 4.69) is 25.9 Å². The van der Waals surface area contributed by atoms with E-state index in [1.807, 2.05) is 0 Å². The lowest BCUT2D eigenvalue weighted by molar-refractivity contribution is 0.448. The van der Waals surface area contributed by atoms with E-state index in [1.165, 1.54) is 0 Å². The smallest absolute Gasteiger partial charge is 0.269 e. The van der Waals surface area contributed by atoms with Crippen molar-refractivity contribution in [3.8, 4) is 17.3 Å². The largest absolute Gasteiger partial charge is 0.492 e. The van der Waals surface area contributed by atoms with Crippen LogP contribution in [-0.4, -0.2) is 15.1 Å². The van der Waals surface area contributed by atoms with Crippen molar-refractivity contribution < 1.29 is 5.11 Å². The van der Waals surface area contributed by atoms with Gasteiger partial charge in [0.15, 0.2) is 0 Å². The second kappa shape index (κ2) is 4.27. The molecule has 6 heteroatoms. The maximum Gasteiger partial charge on any atom is 0.269 e. The van der Waals surface area contributed by atoms with Crippen molar-refractivity contribution in [1.82, 2.24) is 9.97 Å². The van der Waals surface area contributed by atoms with Crippen LogP contribution in [0.5, 0.6) is 5.88 Å². The summed E-state index contributed by atoms with van der Waals surface area (Å²) in [4.78, 5) is 17.8. The first kappa shape index (κ1) is 11.2. The number of hydrogen-bond donors (Lipinski definition) is 2. The molecule has 0 atom stereocenters. The molecule has 0 amide bonds. The van der Waals surface area contributed by atoms with Crippen LogP contribution in [0.2, 0.25) is 5.02 Å². The molecule has 0 fully saturated rings. The molecule has 0 aliphatic heterocycles. The summed E-state index contributed by atoms with van der Waals surface area (Å²) in [6.07, 6.45) is 0. The van der Waals surface area contributed by atoms with Gasteiger partial charge in [-0.3, -0.25) is 4.79 Å². The van der Waals surface area contributed by atoms with Crippen molar-refractivity contribution in [2.75, 3.05) is 0 Å². The molecule has 0 saturated carbocycles. The highest BCUT2D eigenvalue weighted by Crippen LogP contribution is 2.21. The summed E-state index contributed by atoms with van der Waals surface area (Å²) >= 11 is 8.66. The first-order valence-electron chi connectivity index (χ1n) is 4.32. The third kappa shape index (κ3) is 2.10. The molecule has 16 heavy (non-hydrogen) atoms. The molecule has 1 aromatic carbocycles. The number of aromatic hydroxyl groups is 1. The standard InChI is InChI=1S/C10H6BrClN2O2/c11-7-9(15)13-8(14-10(7)16)5-1-3-6(12)4-2-5/h1-4H,(H2,13,14,15,16). The molecule has 2 N–H and O–H groups in total. The van der Waals surface area contributed by atoms with Gasteiger partial charge in [-0.15, -0.1) is 0 Å². The highest BCUT2D eigenvalue weighted by Gasteiger charge is 2.08. The van der Waals surface area contributed by atoms with Gasteiger partial charge in [0.25, 0.3) is 5.56 Å². The zero-order valence-corrected chi connectivity index (χ0v) is 10.2. The van der Waals surface area contributed by atoms with Crippen LogP contribution in [-0.2, 0) is 0 Å². The van der Waals surface area contributed by atoms with E-state index >= 15 is 0 Å². The van der Waals surface area contributed by atoms with E-state index in [0.717, 1.165) is 0 Å². The van der Waals surface area contributed by atoms with Gasteiger partial charge in [-0.1, -0.05) is 11.6 Å². The van der Waals surface area contributed by atoms with Gasteiger partial charge in [-0.2, -0.15) is 4.98 Å². The maximum atomic E-state index is 11.4. The van der Waals surface area contributed by atoms with Crippen molar-refractivity contribution in [2.45, 2.75) is 0 Å². The summed E-state index contributed by atoms with van der Waals surface area (Å²) < 4.78 is 0.0187. The topological polar surface area (TPSA) is 66.0 Å². The number of aromatic nitrogens is 2. The molecule has 0 aliphatic carbocycles. The van der Waals surface area contributed by atoms with Crippen LogP contribution in [0, 0.1) is 0 Å². The van der Waals surface area contributed by atoms with Crippen LogP contribution in [0.25, 0.3) is 11.4 Å². The van der Waals surface area contributed by atoms with E-state index in [1.54, 1.807) is 24.3 Å². The number of aromatic amines is 1. The highest BCUT2D eigenvalue weighted by atomic mass is 79.9. The molecule has 0 bridgehead atoms. The minimum absolute atomic E-state index is 0.0187. The molecule has 82 valence electrons. The van der Waals surface area contributed by atoms with E-state index in [4.69, 9.17) is 11.6 Å². The fourth-order valence-corrected chi connectivity index (χ4v) is 1.51. The molecule has 0 radical (unpaired) electrons. The van der Waals surface area contributed by atoms with Crippen LogP contribution >= 0.6 is 27.5 Å². The van der Waals surface area contributed by atoms with Crippen molar-refractivity contribution >= 4 is 27.5 Å². The van der Waals surface area contributed by atoms with Gasteiger partial charge in [0.2, 0.25) is 5.88 Å². The van der Waals surface area contributed by atoms with E-state index in [9.17, 15) is 9.90 Å². The van der Waals surface area contributed by atoms with E-state index in [0.29, 0.717) is 16.4 Å². The lowest BCUT2D eigenvalue weighted by atomic mass is 10.2. The zero-order valence-electron chi connectivity index (χ0n) is 7.87. The molecule has 0 spiro atoms. The number of rotatable bonds is 1. The Balaban J connectivity index is 2.57. The Morgan fingerprint density at radius 1 is 1.31 bits per heavy atom. The lowest BCUT2D eigenvalue weighted by Crippen LogP contribution is -2.09. The van der Waals surface area contributed by atoms with Crippen molar-refractivity contribution in [3.63, 3.8) is 0 Å². The van der Waals surface area contributed by atoms with Gasteiger partial charge in [-0.25, -0.2) is 0 Å². The van der Waals surface area contributed by atoms with Gasteiger partial charge >= 0.3 is 0 Å². The molecule has 1 heterocycles. The van der Waals surface area contributed by atoms with E-state index < -0.39 is 5.56 Å². The summed E-state index contributed by atoms with van der Waals surface area (Å²) in [5.74, 6) is -0.0453. The molecule has 0 aliphatic rings. The molecular formula is C10H6BrClN2O2. The Bertz CT molecular complexity index is 580. The van der Waals surface area contributed by atoms with Crippen LogP contribution in [0.1, 0.15) is 0 Å². The molecule has 0 saturated heterocycles. The van der Waals surface area contributed by atoms with E-state index in [-0.39, 0.29) is 10.4 Å². The number of halogens is 2. The molecule has 1 aromatic heterocycles. The maximum absolute atomic E-state index is 11.4. The molecule has 2 aromatic rings. The summed E-state index contributed by atoms with van der Waals surface area (Å²) in [5.41, 5.74) is 0.238. The Hall–Kier alpha value is -1.33. The lowest BCUT2D eigenvalue weighted by Gasteiger charge is -2.02. The predicted octanol–water partition coefficient (Wildman–Crippen LogP) is 2.56. The predicted molar refractivity (Wildman–Crippen MR) is 64.7 cm³/mol. The van der Waals surface area contributed by atoms with Gasteiger partial charge in [0.1, 0.15) is 10.3 Å². The monoisotopic (exact) mass is 300 g/mol. The van der Waals surface area contributed by atoms with Crippen LogP contribution in [0.3, 0.4) is 0 Å². The van der Waals surface area contributed by atoms with Gasteiger partial charge < -0.3 is 10.1 Å². The molecule has 4 nitrogen and oxygen atoms in total. The summed E-state index contributed by atoms with van der Waals surface area (Å²) in [5, 5.41) is 9.98. The molecular weight excluding hydrogens is 295 g/mol. The highest BCUT2D eigenvalue weighted by molar-refractivity contribution is 9.10. The van der Waals surface area contributed by atoms with Gasteiger partial charge in [0, 0.05) is 10.6 Å². The normalized spacial score (nSPS) is 10.4. The number of hydrogen-bond acceptors (Lipinski definition) is 3. The van der Waals surface area contributed by atoms with Gasteiger partial charge in [-0.05, 0) is 40.2 Å². The fourth-order valence-electron chi connectivity index (χ4n) is 1.19. The fraction of sp³-hybridized carbons (Fsp3) is 0. The third-order valence-electron chi connectivity index (χ3n) is 1.96. The minimum atomic E-state index is -0.433. The minimum Gasteiger partial charge on any atom is -0.492 e. The summed E-state index contributed by atoms with van der Waals surface area (Å²) in [7, 11) is 0. The SMILES string of the molecule is O=c1[nH]c(-c2ccc(Cl)cc2)nc(O)c1Br. The summed E-state index contributed by atoms with van der Waals surface area (Å²) in [6.45, 7) is 0. The van der Waals surface area contributed by atoms with Gasteiger partial charge in [0.05, 0.1) is 0 Å². The Labute approximate surface area is 104 Å². The third-order valence-corrected chi connectivity index (χ3v) is 2.93. The van der Waals surface area contributed by atoms with Crippen molar-refractivity contribution in [3.05, 3.63) is 44.1 Å². The average Bonchev–Trinajstić information content (AvgIpc) is 2.26. The number of nitrogens with one attached hydrogen (secondary N) is 1. The number of nitrogens with zero attached hydrogens (tertiary/aromatic N) is 1. The van der Waals surface area contributed by atoms with Crippen LogP contribution in [0.15, 0.2) is 33.5 Å². The second-order valence-electron chi connectivity index (χ2n) is 3.06. The van der Waals surface area contributed by atoms with Crippen LogP contribution < -0.4 is 5.56 Å². The Kier molecular flexibility index (Phi) is 2.98. The Morgan fingerprint density at radius 3 is 2.50 bits per heavy atom. The van der Waals surface area contributed by atoms with Crippen LogP contribution in [0.4, 0.5) is 0 Å². The zero-order chi connectivity index (χ0) is 11.7. The first-order chi connectivity index (χ1) is 7.58.